The summed E-state index contributed by atoms with van der Waals surface area (Å²) < 4.78 is 35.6. The number of rotatable bonds is 6. The summed E-state index contributed by atoms with van der Waals surface area (Å²) in [6, 6.07) is 1.79. The van der Waals surface area contributed by atoms with Crippen molar-refractivity contribution in [2.45, 2.75) is 109 Å². The molecule has 4 atom stereocenters. The van der Waals surface area contributed by atoms with Gasteiger partial charge in [-0.15, -0.1) is 0 Å². The molecular formula is C25H41ClN4O6Si2. The normalized spacial score (nSPS) is 27.2. The van der Waals surface area contributed by atoms with E-state index in [-0.39, 0.29) is 39.9 Å². The summed E-state index contributed by atoms with van der Waals surface area (Å²) in [4.78, 5) is 20.8. The van der Waals surface area contributed by atoms with Crippen LogP contribution < -0.4 is 5.73 Å². The molecule has 2 aliphatic heterocycles. The first-order valence-corrected chi connectivity index (χ1v) is 17.7. The lowest BCUT2D eigenvalue weighted by molar-refractivity contribution is -0.155. The Morgan fingerprint density at radius 3 is 2.24 bits per heavy atom. The minimum Gasteiger partial charge on any atom is -0.455 e. The van der Waals surface area contributed by atoms with Gasteiger partial charge in [0.1, 0.15) is 23.0 Å². The number of hydrogen-bond acceptors (Lipinski definition) is 9. The van der Waals surface area contributed by atoms with E-state index in [9.17, 15) is 4.79 Å². The van der Waals surface area contributed by atoms with Crippen molar-refractivity contribution >= 4 is 51.7 Å². The van der Waals surface area contributed by atoms with Crippen molar-refractivity contribution < 1.29 is 27.2 Å². The molecule has 2 fully saturated rings. The molecule has 2 N–H and O–H groups in total. The summed E-state index contributed by atoms with van der Waals surface area (Å²) in [7, 11) is -5.71. The predicted octanol–water partition coefficient (Wildman–Crippen LogP) is 5.45. The zero-order valence-electron chi connectivity index (χ0n) is 23.7. The summed E-state index contributed by atoms with van der Waals surface area (Å²) in [6.45, 7) is 18.9. The molecule has 0 radical (unpaired) electrons. The van der Waals surface area contributed by atoms with Crippen molar-refractivity contribution in [1.82, 2.24) is 14.5 Å². The molecule has 1 unspecified atom stereocenters. The molecule has 4 heterocycles. The zero-order valence-corrected chi connectivity index (χ0v) is 26.5. The first-order chi connectivity index (χ1) is 17.7. The first-order valence-electron chi connectivity index (χ1n) is 13.4. The lowest BCUT2D eigenvalue weighted by atomic mass is 10.1. The van der Waals surface area contributed by atoms with E-state index in [4.69, 9.17) is 39.8 Å². The summed E-state index contributed by atoms with van der Waals surface area (Å²) in [5, 5.41) is 0.859. The molecule has 2 aromatic heterocycles. The highest BCUT2D eigenvalue weighted by molar-refractivity contribution is 6.84. The summed E-state index contributed by atoms with van der Waals surface area (Å²) in [5.41, 5.74) is 7.03. The molecule has 13 heteroatoms. The molecule has 0 amide bonds. The Bertz CT molecular complexity index is 1160. The fourth-order valence-corrected chi connectivity index (χ4v) is 17.3. The van der Waals surface area contributed by atoms with Gasteiger partial charge in [0.15, 0.2) is 12.3 Å². The van der Waals surface area contributed by atoms with E-state index in [1.54, 1.807) is 16.8 Å². The van der Waals surface area contributed by atoms with Gasteiger partial charge < -0.3 is 32.7 Å². The molecule has 0 aromatic carbocycles. The fraction of sp³-hybridized carbons (Fsp3) is 0.720. The highest BCUT2D eigenvalue weighted by Crippen LogP contribution is 2.49. The number of nitrogens with zero attached hydrogens (tertiary/aromatic N) is 3. The zero-order chi connectivity index (χ0) is 28.2. The molecule has 10 nitrogen and oxygen atoms in total. The summed E-state index contributed by atoms with van der Waals surface area (Å²) in [5.74, 6) is -0.394. The maximum Gasteiger partial charge on any atom is 0.335 e. The van der Waals surface area contributed by atoms with Gasteiger partial charge in [-0.05, 0) is 28.2 Å². The number of carbonyl (C=O) groups excluding carboxylic acids is 1. The van der Waals surface area contributed by atoms with Gasteiger partial charge in [0.25, 0.3) is 0 Å². The Morgan fingerprint density at radius 1 is 1.08 bits per heavy atom. The average molecular weight is 585 g/mol. The van der Waals surface area contributed by atoms with Crippen molar-refractivity contribution in [2.75, 3.05) is 12.3 Å². The van der Waals surface area contributed by atoms with Gasteiger partial charge in [-0.25, -0.2) is 4.98 Å². The number of nitrogens with two attached hydrogens (primary N) is 1. The monoisotopic (exact) mass is 584 g/mol. The van der Waals surface area contributed by atoms with Crippen LogP contribution in [0.25, 0.3) is 11.0 Å². The fourth-order valence-electron chi connectivity index (χ4n) is 5.88. The quantitative estimate of drug-likeness (QED) is 0.268. The van der Waals surface area contributed by atoms with Crippen LogP contribution in [0.5, 0.6) is 0 Å². The number of aromatic nitrogens is 3. The highest BCUT2D eigenvalue weighted by Gasteiger charge is 2.62. The lowest BCUT2D eigenvalue weighted by Gasteiger charge is -2.51. The molecular weight excluding hydrogens is 544 g/mol. The van der Waals surface area contributed by atoms with Crippen LogP contribution in [0.15, 0.2) is 12.3 Å². The third-order valence-corrected chi connectivity index (χ3v) is 18.3. The predicted molar refractivity (Wildman–Crippen MR) is 150 cm³/mol. The van der Waals surface area contributed by atoms with Crippen LogP contribution >= 0.6 is 11.6 Å². The number of nitrogen functional groups attached to an aromatic ring is 1. The van der Waals surface area contributed by atoms with Crippen molar-refractivity contribution in [3.8, 4) is 0 Å². The van der Waals surface area contributed by atoms with E-state index >= 15 is 0 Å². The minimum absolute atomic E-state index is 0.0409. The van der Waals surface area contributed by atoms with E-state index < -0.39 is 47.6 Å². The second-order valence-electron chi connectivity index (χ2n) is 11.5. The van der Waals surface area contributed by atoms with Crippen LogP contribution in [0, 0.1) is 0 Å². The molecule has 4 rings (SSSR count). The van der Waals surface area contributed by atoms with Gasteiger partial charge in [0, 0.05) is 13.1 Å². The molecule has 212 valence electrons. The SMILES string of the molecule is CC(=O)O[C@@H]1C(n2ccc3c(Cl)nc(N)nc32)O[C@@H]2CO[Si](C(C)C)(C(C)C)O[Si](C(C)C)(C(C)C)O[C@@H]12. The van der Waals surface area contributed by atoms with E-state index in [0.717, 1.165) is 0 Å². The van der Waals surface area contributed by atoms with Crippen molar-refractivity contribution in [2.24, 2.45) is 0 Å². The average Bonchev–Trinajstić information content (AvgIpc) is 3.34. The number of ether oxygens (including phenoxy) is 2. The third kappa shape index (κ3) is 4.93. The number of fused-ring (bicyclic) bond motifs is 2. The van der Waals surface area contributed by atoms with Crippen molar-refractivity contribution in [3.63, 3.8) is 0 Å². The van der Waals surface area contributed by atoms with Gasteiger partial charge in [-0.2, -0.15) is 4.98 Å². The third-order valence-electron chi connectivity index (χ3n) is 7.74. The topological polar surface area (TPSA) is 120 Å². The Balaban J connectivity index is 1.86. The van der Waals surface area contributed by atoms with E-state index in [1.807, 2.05) is 0 Å². The molecule has 2 saturated heterocycles. The molecule has 38 heavy (non-hydrogen) atoms. The van der Waals surface area contributed by atoms with E-state index in [0.29, 0.717) is 11.0 Å². The summed E-state index contributed by atoms with van der Waals surface area (Å²) >= 11 is 6.34. The molecule has 0 spiro atoms. The smallest absolute Gasteiger partial charge is 0.335 e. The summed E-state index contributed by atoms with van der Waals surface area (Å²) in [6.07, 6.45) is -0.808. The Morgan fingerprint density at radius 2 is 1.68 bits per heavy atom. The second-order valence-corrected chi connectivity index (χ2v) is 20.7. The number of anilines is 1. The molecule has 0 aliphatic carbocycles. The van der Waals surface area contributed by atoms with E-state index in [1.165, 1.54) is 6.92 Å². The van der Waals surface area contributed by atoms with Crippen molar-refractivity contribution in [1.29, 1.82) is 0 Å². The Labute approximate surface area is 232 Å². The number of esters is 1. The van der Waals surface area contributed by atoms with Gasteiger partial charge in [-0.1, -0.05) is 67.0 Å². The maximum atomic E-state index is 12.4. The van der Waals surface area contributed by atoms with Crippen LogP contribution in [0.1, 0.15) is 68.5 Å². The van der Waals surface area contributed by atoms with Gasteiger partial charge in [0.05, 0.1) is 12.0 Å². The van der Waals surface area contributed by atoms with Crippen LogP contribution in [0.4, 0.5) is 5.95 Å². The van der Waals surface area contributed by atoms with Gasteiger partial charge in [-0.3, -0.25) is 4.79 Å². The van der Waals surface area contributed by atoms with Crippen LogP contribution in [-0.4, -0.2) is 62.5 Å². The van der Waals surface area contributed by atoms with Crippen LogP contribution in [-0.2, 0) is 27.2 Å². The maximum absolute atomic E-state index is 12.4. The molecule has 0 saturated carbocycles. The number of carbonyl (C=O) groups is 1. The van der Waals surface area contributed by atoms with Crippen LogP contribution in [0.2, 0.25) is 27.3 Å². The largest absolute Gasteiger partial charge is 0.455 e. The number of hydrogen-bond donors (Lipinski definition) is 1. The molecule has 0 bridgehead atoms. The Hall–Kier alpha value is -1.55. The Kier molecular flexibility index (Phi) is 8.36. The molecule has 2 aromatic rings. The molecule has 2 aliphatic rings. The second kappa shape index (κ2) is 10.8. The number of halogens is 1. The lowest BCUT2D eigenvalue weighted by Crippen LogP contribution is -2.66. The van der Waals surface area contributed by atoms with Gasteiger partial charge >= 0.3 is 23.1 Å². The van der Waals surface area contributed by atoms with Gasteiger partial charge in [0.2, 0.25) is 5.95 Å². The van der Waals surface area contributed by atoms with Crippen molar-refractivity contribution in [3.05, 3.63) is 17.4 Å². The standard InChI is InChI=1S/C25H41ClN4O6Si2/c1-13(2)37(14(3)4)32-12-19-20(35-38(36-37,15(5)6)16(7)8)21(33-17(9)31)24(34-19)30-11-10-18-22(26)28-25(27)29-23(18)30/h10-11,13-16,19-21,24H,12H2,1-9H3,(H2,27,28,29)/t19-,20-,21+,24?/m1/s1. The van der Waals surface area contributed by atoms with Crippen LogP contribution in [0.3, 0.4) is 0 Å². The van der Waals surface area contributed by atoms with E-state index in [2.05, 4.69) is 65.4 Å². The minimum atomic E-state index is -2.96. The first kappa shape index (κ1) is 29.4. The highest BCUT2D eigenvalue weighted by atomic mass is 35.5.